The lowest BCUT2D eigenvalue weighted by Gasteiger charge is -2.21. The number of amides is 1. The van der Waals surface area contributed by atoms with Crippen molar-refractivity contribution in [3.8, 4) is 0 Å². The molecule has 2 heterocycles. The predicted molar refractivity (Wildman–Crippen MR) is 105 cm³/mol. The molecule has 138 valence electrons. The molecular weight excluding hydrogens is 326 g/mol. The largest absolute Gasteiger partial charge is 0.372 e. The van der Waals surface area contributed by atoms with Gasteiger partial charge in [-0.25, -0.2) is 9.97 Å². The van der Waals surface area contributed by atoms with Crippen LogP contribution in [0.25, 0.3) is 0 Å². The van der Waals surface area contributed by atoms with E-state index in [9.17, 15) is 4.79 Å². The molecule has 1 amide bonds. The highest BCUT2D eigenvalue weighted by atomic mass is 16.2. The van der Waals surface area contributed by atoms with E-state index in [1.165, 1.54) is 5.69 Å². The van der Waals surface area contributed by atoms with Crippen molar-refractivity contribution >= 4 is 23.1 Å². The number of aromatic nitrogens is 2. The highest BCUT2D eigenvalue weighted by Crippen LogP contribution is 2.21. The lowest BCUT2D eigenvalue weighted by molar-refractivity contribution is 0.0786. The minimum absolute atomic E-state index is 0.00655. The van der Waals surface area contributed by atoms with Crippen molar-refractivity contribution in [1.82, 2.24) is 14.9 Å². The fourth-order valence-electron chi connectivity index (χ4n) is 3.32. The van der Waals surface area contributed by atoms with Crippen LogP contribution in [-0.4, -0.2) is 47.0 Å². The van der Waals surface area contributed by atoms with Crippen LogP contribution < -0.4 is 10.2 Å². The van der Waals surface area contributed by atoms with Gasteiger partial charge in [-0.3, -0.25) is 4.79 Å². The molecule has 0 atom stereocenters. The monoisotopic (exact) mass is 353 g/mol. The van der Waals surface area contributed by atoms with E-state index in [0.717, 1.165) is 44.7 Å². The highest BCUT2D eigenvalue weighted by Gasteiger charge is 2.21. The Balaban J connectivity index is 1.76. The Kier molecular flexibility index (Phi) is 5.71. The van der Waals surface area contributed by atoms with Gasteiger partial charge in [-0.05, 0) is 57.9 Å². The number of rotatable bonds is 6. The summed E-state index contributed by atoms with van der Waals surface area (Å²) in [7, 11) is 0. The summed E-state index contributed by atoms with van der Waals surface area (Å²) in [6, 6.07) is 10.0. The fraction of sp³-hybridized carbons (Fsp3) is 0.450. The van der Waals surface area contributed by atoms with E-state index in [0.29, 0.717) is 17.3 Å². The number of nitrogens with zero attached hydrogens (tertiary/aromatic N) is 4. The zero-order valence-corrected chi connectivity index (χ0v) is 15.8. The maximum absolute atomic E-state index is 12.6. The van der Waals surface area contributed by atoms with Crippen molar-refractivity contribution < 1.29 is 4.79 Å². The summed E-state index contributed by atoms with van der Waals surface area (Å²) >= 11 is 0. The first-order chi connectivity index (χ1) is 12.6. The van der Waals surface area contributed by atoms with E-state index >= 15 is 0 Å². The van der Waals surface area contributed by atoms with Crippen LogP contribution in [-0.2, 0) is 0 Å². The third kappa shape index (κ3) is 4.12. The zero-order valence-electron chi connectivity index (χ0n) is 15.8. The first-order valence-corrected chi connectivity index (χ1v) is 9.37. The molecule has 0 bridgehead atoms. The molecule has 1 saturated heterocycles. The molecule has 0 aliphatic carbocycles. The summed E-state index contributed by atoms with van der Waals surface area (Å²) in [5, 5.41) is 3.29. The van der Waals surface area contributed by atoms with Crippen molar-refractivity contribution in [3.05, 3.63) is 41.9 Å². The molecule has 6 nitrogen and oxygen atoms in total. The second kappa shape index (κ2) is 8.17. The van der Waals surface area contributed by atoms with Crippen LogP contribution in [0.4, 0.5) is 17.2 Å². The molecule has 2 aromatic rings. The number of nitrogens with one attached hydrogen (secondary N) is 1. The standard InChI is InChI=1S/C20H27N5O/c1-4-24(5-2)17-10-8-16(9-11-17)23-19-14-18(21-15(3)22-19)20(26)25-12-6-7-13-25/h8-11,14H,4-7,12-13H2,1-3H3,(H,21,22,23). The third-order valence-electron chi connectivity index (χ3n) is 4.72. The molecule has 1 N–H and O–H groups in total. The topological polar surface area (TPSA) is 61.4 Å². The van der Waals surface area contributed by atoms with E-state index in [1.807, 2.05) is 24.0 Å². The van der Waals surface area contributed by atoms with Crippen LogP contribution in [0, 0.1) is 6.92 Å². The van der Waals surface area contributed by atoms with E-state index in [1.54, 1.807) is 6.07 Å². The Labute approximate surface area is 155 Å². The van der Waals surface area contributed by atoms with Gasteiger partial charge >= 0.3 is 0 Å². The molecule has 3 rings (SSSR count). The first kappa shape index (κ1) is 18.2. The van der Waals surface area contributed by atoms with Crippen LogP contribution in [0.2, 0.25) is 0 Å². The van der Waals surface area contributed by atoms with E-state index in [2.05, 4.69) is 46.2 Å². The summed E-state index contributed by atoms with van der Waals surface area (Å²) in [6.07, 6.45) is 2.14. The van der Waals surface area contributed by atoms with Gasteiger partial charge in [0, 0.05) is 43.6 Å². The van der Waals surface area contributed by atoms with Crippen LogP contribution in [0.5, 0.6) is 0 Å². The maximum Gasteiger partial charge on any atom is 0.272 e. The molecule has 0 saturated carbocycles. The average molecular weight is 353 g/mol. The van der Waals surface area contributed by atoms with Gasteiger partial charge in [0.05, 0.1) is 0 Å². The van der Waals surface area contributed by atoms with Crippen LogP contribution >= 0.6 is 0 Å². The SMILES string of the molecule is CCN(CC)c1ccc(Nc2cc(C(=O)N3CCCC3)nc(C)n2)cc1. The number of likely N-dealkylation sites (tertiary alicyclic amines) is 1. The third-order valence-corrected chi connectivity index (χ3v) is 4.72. The van der Waals surface area contributed by atoms with Gasteiger partial charge in [0.15, 0.2) is 0 Å². The number of benzene rings is 1. The quantitative estimate of drug-likeness (QED) is 0.859. The van der Waals surface area contributed by atoms with Crippen molar-refractivity contribution in [3.63, 3.8) is 0 Å². The summed E-state index contributed by atoms with van der Waals surface area (Å²) in [4.78, 5) is 25.5. The van der Waals surface area contributed by atoms with Crippen molar-refractivity contribution in [2.24, 2.45) is 0 Å². The Hall–Kier alpha value is -2.63. The molecular formula is C20H27N5O. The Morgan fingerprint density at radius 2 is 1.77 bits per heavy atom. The van der Waals surface area contributed by atoms with Gasteiger partial charge in [0.2, 0.25) is 0 Å². The normalized spacial score (nSPS) is 13.7. The number of hydrogen-bond donors (Lipinski definition) is 1. The Morgan fingerprint density at radius 3 is 2.38 bits per heavy atom. The zero-order chi connectivity index (χ0) is 18.5. The van der Waals surface area contributed by atoms with Gasteiger partial charge < -0.3 is 15.1 Å². The molecule has 0 spiro atoms. The summed E-state index contributed by atoms with van der Waals surface area (Å²) in [5.41, 5.74) is 2.60. The predicted octanol–water partition coefficient (Wildman–Crippen LogP) is 3.61. The van der Waals surface area contributed by atoms with E-state index in [-0.39, 0.29) is 5.91 Å². The Morgan fingerprint density at radius 1 is 1.12 bits per heavy atom. The number of carbonyl (C=O) groups excluding carboxylic acids is 1. The second-order valence-electron chi connectivity index (χ2n) is 6.53. The molecule has 0 radical (unpaired) electrons. The number of carbonyl (C=O) groups is 1. The molecule has 6 heteroatoms. The molecule has 1 aromatic carbocycles. The van der Waals surface area contributed by atoms with E-state index in [4.69, 9.17) is 0 Å². The number of anilines is 3. The van der Waals surface area contributed by atoms with Gasteiger partial charge in [0.1, 0.15) is 17.3 Å². The van der Waals surface area contributed by atoms with Gasteiger partial charge in [-0.15, -0.1) is 0 Å². The minimum Gasteiger partial charge on any atom is -0.372 e. The summed E-state index contributed by atoms with van der Waals surface area (Å²) in [6.45, 7) is 9.72. The van der Waals surface area contributed by atoms with Crippen LogP contribution in [0.15, 0.2) is 30.3 Å². The highest BCUT2D eigenvalue weighted by molar-refractivity contribution is 5.93. The summed E-state index contributed by atoms with van der Waals surface area (Å²) in [5.74, 6) is 1.24. The smallest absolute Gasteiger partial charge is 0.272 e. The molecule has 1 aliphatic heterocycles. The minimum atomic E-state index is -0.00655. The maximum atomic E-state index is 12.6. The molecule has 1 aliphatic rings. The van der Waals surface area contributed by atoms with Crippen molar-refractivity contribution in [2.45, 2.75) is 33.6 Å². The number of hydrogen-bond acceptors (Lipinski definition) is 5. The molecule has 1 aromatic heterocycles. The van der Waals surface area contributed by atoms with Gasteiger partial charge in [-0.2, -0.15) is 0 Å². The van der Waals surface area contributed by atoms with Crippen LogP contribution in [0.1, 0.15) is 43.0 Å². The Bertz CT molecular complexity index is 749. The first-order valence-electron chi connectivity index (χ1n) is 9.37. The van der Waals surface area contributed by atoms with Gasteiger partial charge in [0.25, 0.3) is 5.91 Å². The molecule has 1 fully saturated rings. The summed E-state index contributed by atoms with van der Waals surface area (Å²) < 4.78 is 0. The lowest BCUT2D eigenvalue weighted by atomic mass is 10.2. The molecule has 26 heavy (non-hydrogen) atoms. The average Bonchev–Trinajstić information content (AvgIpc) is 3.17. The van der Waals surface area contributed by atoms with E-state index < -0.39 is 0 Å². The number of aryl methyl sites for hydroxylation is 1. The van der Waals surface area contributed by atoms with Crippen LogP contribution in [0.3, 0.4) is 0 Å². The van der Waals surface area contributed by atoms with Gasteiger partial charge in [-0.1, -0.05) is 0 Å². The second-order valence-corrected chi connectivity index (χ2v) is 6.53. The lowest BCUT2D eigenvalue weighted by Crippen LogP contribution is -2.28. The molecule has 0 unspecified atom stereocenters. The van der Waals surface area contributed by atoms with Crippen molar-refractivity contribution in [1.29, 1.82) is 0 Å². The van der Waals surface area contributed by atoms with Crippen molar-refractivity contribution in [2.75, 3.05) is 36.4 Å². The fourth-order valence-corrected chi connectivity index (χ4v) is 3.32.